The summed E-state index contributed by atoms with van der Waals surface area (Å²) in [6.45, 7) is -0.0216. The average Bonchev–Trinajstić information content (AvgIpc) is 3.05. The fourth-order valence-corrected chi connectivity index (χ4v) is 3.34. The highest BCUT2D eigenvalue weighted by Crippen LogP contribution is 2.37. The number of hydrogen-bond donors (Lipinski definition) is 1. The first-order valence-corrected chi connectivity index (χ1v) is 9.00. The van der Waals surface area contributed by atoms with Crippen LogP contribution in [-0.4, -0.2) is 22.9 Å². The highest BCUT2D eigenvalue weighted by molar-refractivity contribution is 5.98. The molecule has 160 valence electrons. The van der Waals surface area contributed by atoms with Crippen molar-refractivity contribution in [1.82, 2.24) is 9.88 Å². The topological polar surface area (TPSA) is 54.5 Å². The predicted molar refractivity (Wildman–Crippen MR) is 99.7 cm³/mol. The van der Waals surface area contributed by atoms with E-state index in [0.29, 0.717) is 11.3 Å². The maximum absolute atomic E-state index is 14.2. The van der Waals surface area contributed by atoms with E-state index in [1.54, 1.807) is 24.3 Å². The molecule has 1 aromatic heterocycles. The Hall–Kier alpha value is -3.69. The first-order valence-electron chi connectivity index (χ1n) is 9.00. The SMILES string of the molecule is COc1ccc(CN2C(=O)c3cccnc3[C@@H]2Nc2c(F)c(F)c(F)c(F)c2F)cc1. The number of carbonyl (C=O) groups is 1. The monoisotopic (exact) mass is 435 g/mol. The molecule has 0 unspecified atom stereocenters. The van der Waals surface area contributed by atoms with E-state index >= 15 is 0 Å². The molecule has 0 spiro atoms. The minimum atomic E-state index is -2.27. The van der Waals surface area contributed by atoms with Crippen molar-refractivity contribution < 1.29 is 31.5 Å². The Kier molecular flexibility index (Phi) is 5.22. The minimum Gasteiger partial charge on any atom is -0.497 e. The molecular weight excluding hydrogens is 421 g/mol. The molecule has 3 aromatic rings. The van der Waals surface area contributed by atoms with E-state index in [2.05, 4.69) is 10.3 Å². The van der Waals surface area contributed by atoms with Crippen LogP contribution in [0.1, 0.15) is 27.8 Å². The van der Waals surface area contributed by atoms with Gasteiger partial charge in [-0.25, -0.2) is 22.0 Å². The van der Waals surface area contributed by atoms with E-state index in [-0.39, 0.29) is 17.8 Å². The highest BCUT2D eigenvalue weighted by Gasteiger charge is 2.39. The zero-order valence-corrected chi connectivity index (χ0v) is 15.9. The van der Waals surface area contributed by atoms with Crippen molar-refractivity contribution in [2.75, 3.05) is 12.4 Å². The molecule has 0 saturated carbocycles. The molecule has 0 bridgehead atoms. The summed E-state index contributed by atoms with van der Waals surface area (Å²) in [4.78, 5) is 18.2. The van der Waals surface area contributed by atoms with Gasteiger partial charge in [0.15, 0.2) is 23.3 Å². The van der Waals surface area contributed by atoms with Crippen molar-refractivity contribution in [3.63, 3.8) is 0 Å². The lowest BCUT2D eigenvalue weighted by Crippen LogP contribution is -2.32. The summed E-state index contributed by atoms with van der Waals surface area (Å²) in [5.41, 5.74) is -0.346. The van der Waals surface area contributed by atoms with Crippen LogP contribution in [0.25, 0.3) is 0 Å². The van der Waals surface area contributed by atoms with Crippen molar-refractivity contribution >= 4 is 11.6 Å². The summed E-state index contributed by atoms with van der Waals surface area (Å²) in [5, 5.41) is 2.29. The van der Waals surface area contributed by atoms with Gasteiger partial charge in [-0.05, 0) is 29.8 Å². The van der Waals surface area contributed by atoms with Gasteiger partial charge in [0, 0.05) is 12.7 Å². The zero-order valence-electron chi connectivity index (χ0n) is 15.9. The molecule has 4 rings (SSSR count). The lowest BCUT2D eigenvalue weighted by atomic mass is 10.2. The molecule has 0 saturated heterocycles. The minimum absolute atomic E-state index is 0.0216. The maximum atomic E-state index is 14.2. The molecule has 1 aliphatic rings. The van der Waals surface area contributed by atoms with Crippen molar-refractivity contribution in [3.05, 3.63) is 88.5 Å². The number of fused-ring (bicyclic) bond motifs is 1. The molecule has 10 heteroatoms. The van der Waals surface area contributed by atoms with Crippen molar-refractivity contribution in [3.8, 4) is 5.75 Å². The van der Waals surface area contributed by atoms with Gasteiger partial charge in [-0.1, -0.05) is 12.1 Å². The number of methoxy groups -OCH3 is 1. The molecule has 1 atom stereocenters. The Morgan fingerprint density at radius 3 is 2.19 bits per heavy atom. The molecule has 1 aliphatic heterocycles. The van der Waals surface area contributed by atoms with Gasteiger partial charge >= 0.3 is 0 Å². The molecule has 2 heterocycles. The molecular formula is C21H14F5N3O2. The molecule has 31 heavy (non-hydrogen) atoms. The molecule has 0 aliphatic carbocycles. The number of hydrogen-bond acceptors (Lipinski definition) is 4. The highest BCUT2D eigenvalue weighted by atomic mass is 19.2. The molecule has 2 aromatic carbocycles. The maximum Gasteiger partial charge on any atom is 0.258 e. The van der Waals surface area contributed by atoms with Crippen molar-refractivity contribution in [2.45, 2.75) is 12.7 Å². The standard InChI is InChI=1S/C21H14F5N3O2/c1-31-11-6-4-10(5-7-11)9-29-20(18-12(21(29)30)3-2-8-27-18)28-19-16(25)14(23)13(22)15(24)17(19)26/h2-8,20,28H,9H2,1H3/t20-/m1/s1. The van der Waals surface area contributed by atoms with E-state index in [1.807, 2.05) is 0 Å². The van der Waals surface area contributed by atoms with Gasteiger partial charge in [-0.2, -0.15) is 0 Å². The molecule has 5 nitrogen and oxygen atoms in total. The number of rotatable bonds is 5. The number of nitrogens with zero attached hydrogens (tertiary/aromatic N) is 2. The van der Waals surface area contributed by atoms with Crippen molar-refractivity contribution in [2.24, 2.45) is 0 Å². The number of ether oxygens (including phenoxy) is 1. The quantitative estimate of drug-likeness (QED) is 0.363. The van der Waals surface area contributed by atoms with Crippen LogP contribution in [0.3, 0.4) is 0 Å². The smallest absolute Gasteiger partial charge is 0.258 e. The number of benzene rings is 2. The largest absolute Gasteiger partial charge is 0.497 e. The van der Waals surface area contributed by atoms with Crippen LogP contribution in [0, 0.1) is 29.1 Å². The van der Waals surface area contributed by atoms with Gasteiger partial charge in [-0.3, -0.25) is 9.78 Å². The Bertz CT molecular complexity index is 1140. The predicted octanol–water partition coefficient (Wildman–Crippen LogP) is 4.55. The van der Waals surface area contributed by atoms with Gasteiger partial charge in [0.25, 0.3) is 5.91 Å². The second-order valence-corrected chi connectivity index (χ2v) is 6.71. The summed E-state index contributed by atoms with van der Waals surface area (Å²) in [5.74, 6) is -10.4. The average molecular weight is 435 g/mol. The second-order valence-electron chi connectivity index (χ2n) is 6.71. The lowest BCUT2D eigenvalue weighted by Gasteiger charge is -2.27. The van der Waals surface area contributed by atoms with Gasteiger partial charge in [0.05, 0.1) is 18.4 Å². The van der Waals surface area contributed by atoms with Crippen molar-refractivity contribution in [1.29, 1.82) is 0 Å². The normalized spacial score (nSPS) is 15.2. The van der Waals surface area contributed by atoms with Crippen LogP contribution in [0.2, 0.25) is 0 Å². The zero-order chi connectivity index (χ0) is 22.3. The number of carbonyl (C=O) groups excluding carboxylic acids is 1. The van der Waals surface area contributed by atoms with Gasteiger partial charge < -0.3 is 15.0 Å². The summed E-state index contributed by atoms with van der Waals surface area (Å²) < 4.78 is 74.3. The summed E-state index contributed by atoms with van der Waals surface area (Å²) in [6, 6.07) is 9.65. The second kappa shape index (κ2) is 7.86. The number of pyridine rings is 1. The Labute approximate surface area is 173 Å². The van der Waals surface area contributed by atoms with Crippen LogP contribution in [-0.2, 0) is 6.54 Å². The lowest BCUT2D eigenvalue weighted by molar-refractivity contribution is 0.0727. The number of aromatic nitrogens is 1. The first kappa shape index (κ1) is 20.6. The number of halogens is 5. The summed E-state index contributed by atoms with van der Waals surface area (Å²) in [7, 11) is 1.49. The Morgan fingerprint density at radius 1 is 0.968 bits per heavy atom. The Morgan fingerprint density at radius 2 is 1.58 bits per heavy atom. The molecule has 1 N–H and O–H groups in total. The van der Waals surface area contributed by atoms with Crippen LogP contribution >= 0.6 is 0 Å². The summed E-state index contributed by atoms with van der Waals surface area (Å²) in [6.07, 6.45) is 0.0926. The van der Waals surface area contributed by atoms with Crippen LogP contribution in [0.5, 0.6) is 5.75 Å². The first-order chi connectivity index (χ1) is 14.8. The molecule has 0 fully saturated rings. The van der Waals surface area contributed by atoms with E-state index in [9.17, 15) is 26.7 Å². The fourth-order valence-electron chi connectivity index (χ4n) is 3.34. The third-order valence-corrected chi connectivity index (χ3v) is 4.90. The van der Waals surface area contributed by atoms with Crippen LogP contribution in [0.4, 0.5) is 27.6 Å². The molecule has 1 amide bonds. The fraction of sp³-hybridized carbons (Fsp3) is 0.143. The van der Waals surface area contributed by atoms with E-state index in [0.717, 1.165) is 0 Å². The number of amides is 1. The number of nitrogens with one attached hydrogen (secondary N) is 1. The van der Waals surface area contributed by atoms with Crippen LogP contribution < -0.4 is 10.1 Å². The Balaban J connectivity index is 1.75. The molecule has 0 radical (unpaired) electrons. The number of anilines is 1. The third-order valence-electron chi connectivity index (χ3n) is 4.90. The van der Waals surface area contributed by atoms with E-state index in [4.69, 9.17) is 4.74 Å². The van der Waals surface area contributed by atoms with Gasteiger partial charge in [0.1, 0.15) is 17.6 Å². The van der Waals surface area contributed by atoms with Gasteiger partial charge in [-0.15, -0.1) is 0 Å². The summed E-state index contributed by atoms with van der Waals surface area (Å²) >= 11 is 0. The van der Waals surface area contributed by atoms with E-state index < -0.39 is 46.8 Å². The van der Waals surface area contributed by atoms with Crippen LogP contribution in [0.15, 0.2) is 42.6 Å². The van der Waals surface area contributed by atoms with E-state index in [1.165, 1.54) is 30.3 Å². The third kappa shape index (κ3) is 3.43. The van der Waals surface area contributed by atoms with Gasteiger partial charge in [0.2, 0.25) is 5.82 Å².